The molecule has 2 amide bonds. The molecule has 2 aromatic rings. The molecule has 2 aromatic carbocycles. The molecule has 2 aliphatic rings. The number of ether oxygens (including phenoxy) is 1. The van der Waals surface area contributed by atoms with Crippen LogP contribution in [0.3, 0.4) is 0 Å². The van der Waals surface area contributed by atoms with Crippen LogP contribution in [0.1, 0.15) is 38.7 Å². The van der Waals surface area contributed by atoms with E-state index in [4.69, 9.17) is 27.9 Å². The summed E-state index contributed by atoms with van der Waals surface area (Å²) in [7, 11) is 0. The minimum absolute atomic E-state index is 0.106. The molecule has 0 radical (unpaired) electrons. The summed E-state index contributed by atoms with van der Waals surface area (Å²) in [5, 5.41) is 17.2. The fourth-order valence-electron chi connectivity index (χ4n) is 4.84. The Morgan fingerprint density at radius 1 is 1.09 bits per heavy atom. The second-order valence-electron chi connectivity index (χ2n) is 9.40. The van der Waals surface area contributed by atoms with E-state index in [0.717, 1.165) is 31.5 Å². The van der Waals surface area contributed by atoms with Gasteiger partial charge >= 0.3 is 6.03 Å². The van der Waals surface area contributed by atoms with Crippen LogP contribution in [0.25, 0.3) is 0 Å². The molecule has 4 rings (SSSR count). The van der Waals surface area contributed by atoms with E-state index in [9.17, 15) is 9.90 Å². The number of nitrogens with one attached hydrogen (secondary N) is 2. The Morgan fingerprint density at radius 3 is 2.44 bits per heavy atom. The van der Waals surface area contributed by atoms with E-state index in [1.165, 1.54) is 0 Å². The topological polar surface area (TPSA) is 73.8 Å². The highest BCUT2D eigenvalue weighted by molar-refractivity contribution is 6.31. The summed E-state index contributed by atoms with van der Waals surface area (Å²) in [6, 6.07) is 10.0. The van der Waals surface area contributed by atoms with Gasteiger partial charge in [-0.25, -0.2) is 4.79 Å². The zero-order valence-corrected chi connectivity index (χ0v) is 19.9. The van der Waals surface area contributed by atoms with E-state index in [2.05, 4.69) is 29.4 Å². The Labute approximate surface area is 198 Å². The molecule has 8 heteroatoms. The highest BCUT2D eigenvalue weighted by Crippen LogP contribution is 2.49. The number of urea groups is 1. The maximum atomic E-state index is 12.7. The molecule has 6 nitrogen and oxygen atoms in total. The first-order valence-corrected chi connectivity index (χ1v) is 11.7. The molecule has 32 heavy (non-hydrogen) atoms. The van der Waals surface area contributed by atoms with Crippen molar-refractivity contribution in [1.82, 2.24) is 4.90 Å². The highest BCUT2D eigenvalue weighted by atomic mass is 35.5. The average Bonchev–Trinajstić information content (AvgIpc) is 3.23. The second-order valence-corrected chi connectivity index (χ2v) is 10.3. The number of amides is 2. The lowest BCUT2D eigenvalue weighted by Crippen LogP contribution is -2.55. The number of carbonyl (C=O) groups is 1. The number of halogens is 2. The zero-order chi connectivity index (χ0) is 22.9. The molecule has 3 N–H and O–H groups in total. The van der Waals surface area contributed by atoms with Crippen molar-refractivity contribution in [2.75, 3.05) is 36.9 Å². The van der Waals surface area contributed by atoms with Gasteiger partial charge in [0.25, 0.3) is 0 Å². The number of aliphatic hydroxyl groups is 1. The third kappa shape index (κ3) is 4.99. The summed E-state index contributed by atoms with van der Waals surface area (Å²) in [4.78, 5) is 15.1. The van der Waals surface area contributed by atoms with Crippen molar-refractivity contribution in [2.45, 2.75) is 44.1 Å². The molecular weight excluding hydrogens is 449 g/mol. The number of rotatable bonds is 5. The van der Waals surface area contributed by atoms with Crippen molar-refractivity contribution in [1.29, 1.82) is 0 Å². The predicted octanol–water partition coefficient (Wildman–Crippen LogP) is 5.52. The fourth-order valence-corrected chi connectivity index (χ4v) is 5.19. The van der Waals surface area contributed by atoms with E-state index in [-0.39, 0.29) is 12.0 Å². The van der Waals surface area contributed by atoms with Gasteiger partial charge in [0.15, 0.2) is 0 Å². The number of nitrogens with zero attached hydrogens (tertiary/aromatic N) is 1. The van der Waals surface area contributed by atoms with Gasteiger partial charge < -0.3 is 20.5 Å². The number of hydrogen-bond acceptors (Lipinski definition) is 4. The van der Waals surface area contributed by atoms with E-state index in [0.29, 0.717) is 40.1 Å². The van der Waals surface area contributed by atoms with Crippen molar-refractivity contribution < 1.29 is 14.6 Å². The number of anilines is 2. The third-order valence-corrected chi connectivity index (χ3v) is 6.68. The normalized spacial score (nSPS) is 22.2. The molecule has 1 saturated heterocycles. The van der Waals surface area contributed by atoms with Gasteiger partial charge in [-0.1, -0.05) is 37.0 Å². The van der Waals surface area contributed by atoms with Crippen LogP contribution in [-0.2, 0) is 5.41 Å². The standard InChI is InChI=1S/C24H29Cl2N3O3/c1-23(2)13-24(15-30,14-29-9-3-4-10-29)32-21-19(23)11-17(26)12-20(21)28-22(31)27-18-7-5-16(25)6-8-18/h5-8,11-12,30H,3-4,9-10,13-15H2,1-2H3,(H2,27,28,31)/t24-/m1/s1. The molecule has 0 saturated carbocycles. The van der Waals surface area contributed by atoms with Gasteiger partial charge in [-0.15, -0.1) is 0 Å². The molecule has 0 bridgehead atoms. The quantitative estimate of drug-likeness (QED) is 0.529. The second kappa shape index (κ2) is 9.10. The Kier molecular flexibility index (Phi) is 6.59. The molecule has 0 spiro atoms. The lowest BCUT2D eigenvalue weighted by atomic mass is 9.72. The number of aliphatic hydroxyl groups excluding tert-OH is 1. The molecule has 0 aromatic heterocycles. The van der Waals surface area contributed by atoms with Crippen molar-refractivity contribution in [3.63, 3.8) is 0 Å². The van der Waals surface area contributed by atoms with Crippen molar-refractivity contribution >= 4 is 40.6 Å². The smallest absolute Gasteiger partial charge is 0.323 e. The molecule has 2 heterocycles. The summed E-state index contributed by atoms with van der Waals surface area (Å²) < 4.78 is 6.51. The molecule has 2 aliphatic heterocycles. The van der Waals surface area contributed by atoms with E-state index in [1.54, 1.807) is 30.3 Å². The molecule has 0 unspecified atom stereocenters. The molecule has 1 atom stereocenters. The first-order chi connectivity index (χ1) is 15.2. The first kappa shape index (κ1) is 23.2. The summed E-state index contributed by atoms with van der Waals surface area (Å²) in [6.45, 7) is 6.80. The maximum absolute atomic E-state index is 12.7. The van der Waals surface area contributed by atoms with Gasteiger partial charge in [-0.3, -0.25) is 4.90 Å². The number of fused-ring (bicyclic) bond motifs is 1. The Morgan fingerprint density at radius 2 is 1.78 bits per heavy atom. The summed E-state index contributed by atoms with van der Waals surface area (Å²) in [5.41, 5.74) is 0.952. The number of benzene rings is 2. The Hall–Kier alpha value is -1.99. The summed E-state index contributed by atoms with van der Waals surface area (Å²) in [5.74, 6) is 0.560. The van der Waals surface area contributed by atoms with Crippen LogP contribution in [0, 0.1) is 0 Å². The van der Waals surface area contributed by atoms with Crippen LogP contribution in [0.5, 0.6) is 5.75 Å². The summed E-state index contributed by atoms with van der Waals surface area (Å²) in [6.07, 6.45) is 2.97. The third-order valence-electron chi connectivity index (χ3n) is 6.21. The number of carbonyl (C=O) groups excluding carboxylic acids is 1. The van der Waals surface area contributed by atoms with E-state index >= 15 is 0 Å². The van der Waals surface area contributed by atoms with E-state index < -0.39 is 11.6 Å². The largest absolute Gasteiger partial charge is 0.481 e. The van der Waals surface area contributed by atoms with Gasteiger partial charge in [0.2, 0.25) is 0 Å². The number of likely N-dealkylation sites (tertiary alicyclic amines) is 1. The molecular formula is C24H29Cl2N3O3. The maximum Gasteiger partial charge on any atom is 0.323 e. The van der Waals surface area contributed by atoms with Gasteiger partial charge in [0.05, 0.1) is 12.3 Å². The van der Waals surface area contributed by atoms with Gasteiger partial charge in [0.1, 0.15) is 11.4 Å². The molecule has 1 fully saturated rings. The van der Waals surface area contributed by atoms with Gasteiger partial charge in [0, 0.05) is 27.8 Å². The van der Waals surface area contributed by atoms with Crippen LogP contribution in [-0.4, -0.2) is 47.9 Å². The van der Waals surface area contributed by atoms with Gasteiger partial charge in [-0.05, 0) is 74.2 Å². The average molecular weight is 478 g/mol. The van der Waals surface area contributed by atoms with Crippen molar-refractivity contribution in [3.05, 3.63) is 52.0 Å². The lowest BCUT2D eigenvalue weighted by molar-refractivity contribution is -0.0463. The van der Waals surface area contributed by atoms with Crippen LogP contribution in [0.15, 0.2) is 36.4 Å². The van der Waals surface area contributed by atoms with Crippen molar-refractivity contribution in [2.24, 2.45) is 0 Å². The van der Waals surface area contributed by atoms with Crippen molar-refractivity contribution in [3.8, 4) is 5.75 Å². The lowest BCUT2D eigenvalue weighted by Gasteiger charge is -2.47. The summed E-state index contributed by atoms with van der Waals surface area (Å²) >= 11 is 12.3. The molecule has 172 valence electrons. The van der Waals surface area contributed by atoms with Crippen LogP contribution in [0.2, 0.25) is 10.0 Å². The monoisotopic (exact) mass is 477 g/mol. The molecule has 0 aliphatic carbocycles. The zero-order valence-electron chi connectivity index (χ0n) is 18.4. The highest BCUT2D eigenvalue weighted by Gasteiger charge is 2.47. The van der Waals surface area contributed by atoms with Crippen LogP contribution < -0.4 is 15.4 Å². The predicted molar refractivity (Wildman–Crippen MR) is 129 cm³/mol. The Balaban J connectivity index is 1.63. The van der Waals surface area contributed by atoms with E-state index in [1.807, 2.05) is 6.07 Å². The van der Waals surface area contributed by atoms with Crippen LogP contribution >= 0.6 is 23.2 Å². The number of hydrogen-bond donors (Lipinski definition) is 3. The minimum Gasteiger partial charge on any atom is -0.481 e. The minimum atomic E-state index is -0.752. The first-order valence-electron chi connectivity index (χ1n) is 10.9. The Bertz CT molecular complexity index is 991. The SMILES string of the molecule is CC1(C)C[C@](CO)(CN2CCCC2)Oc2c(NC(=O)Nc3ccc(Cl)cc3)cc(Cl)cc21. The van der Waals surface area contributed by atoms with Gasteiger partial charge in [-0.2, -0.15) is 0 Å². The fraction of sp³-hybridized carbons (Fsp3) is 0.458. The van der Waals surface area contributed by atoms with Crippen LogP contribution in [0.4, 0.5) is 16.2 Å².